The molecule has 6 heteroatoms. The first kappa shape index (κ1) is 18.8. The van der Waals surface area contributed by atoms with Gasteiger partial charge >= 0.3 is 0 Å². The van der Waals surface area contributed by atoms with Crippen LogP contribution in [0.3, 0.4) is 0 Å². The fraction of sp³-hybridized carbons (Fsp3) is 0.333. The van der Waals surface area contributed by atoms with Gasteiger partial charge in [-0.2, -0.15) is 0 Å². The summed E-state index contributed by atoms with van der Waals surface area (Å²) < 4.78 is 10.6. The van der Waals surface area contributed by atoms with Crippen molar-refractivity contribution in [2.75, 3.05) is 26.8 Å². The van der Waals surface area contributed by atoms with Crippen LogP contribution in [0.1, 0.15) is 34.7 Å². The lowest BCUT2D eigenvalue weighted by molar-refractivity contribution is -0.119. The summed E-state index contributed by atoms with van der Waals surface area (Å²) in [6, 6.07) is 15.4. The molecule has 1 fully saturated rings. The molecule has 2 aromatic carbocycles. The highest BCUT2D eigenvalue weighted by atomic mass is 16.5. The van der Waals surface area contributed by atoms with Gasteiger partial charge in [0.05, 0.1) is 7.11 Å². The molecule has 2 aromatic rings. The molecule has 6 nitrogen and oxygen atoms in total. The molecule has 27 heavy (non-hydrogen) atoms. The summed E-state index contributed by atoms with van der Waals surface area (Å²) >= 11 is 0. The number of hydrogen-bond acceptors (Lipinski definition) is 4. The summed E-state index contributed by atoms with van der Waals surface area (Å²) in [6.45, 7) is 1.21. The number of benzene rings is 2. The van der Waals surface area contributed by atoms with Gasteiger partial charge in [0, 0.05) is 18.7 Å². The number of ether oxygens (including phenoxy) is 2. The van der Waals surface area contributed by atoms with E-state index in [0.717, 1.165) is 25.9 Å². The number of likely N-dealkylation sites (tertiary alicyclic amines) is 1. The summed E-state index contributed by atoms with van der Waals surface area (Å²) in [5.74, 6) is 0.686. The Morgan fingerprint density at radius 3 is 2.41 bits per heavy atom. The van der Waals surface area contributed by atoms with Gasteiger partial charge in [-0.25, -0.2) is 0 Å². The summed E-state index contributed by atoms with van der Waals surface area (Å²) in [4.78, 5) is 25.6. The van der Waals surface area contributed by atoms with Gasteiger partial charge in [-0.3, -0.25) is 9.59 Å². The Morgan fingerprint density at radius 1 is 1.07 bits per heavy atom. The van der Waals surface area contributed by atoms with Crippen LogP contribution in [0.2, 0.25) is 0 Å². The van der Waals surface area contributed by atoms with Crippen LogP contribution in [0.5, 0.6) is 11.5 Å². The first-order valence-electron chi connectivity index (χ1n) is 9.02. The second kappa shape index (κ2) is 8.58. The van der Waals surface area contributed by atoms with E-state index in [-0.39, 0.29) is 12.5 Å². The molecule has 3 rings (SSSR count). The number of nitrogens with two attached hydrogens (primary N) is 1. The fourth-order valence-corrected chi connectivity index (χ4v) is 3.39. The molecule has 2 amide bonds. The zero-order chi connectivity index (χ0) is 19.2. The predicted octanol–water partition coefficient (Wildman–Crippen LogP) is 2.58. The maximum Gasteiger partial charge on any atom is 0.255 e. The van der Waals surface area contributed by atoms with E-state index >= 15 is 0 Å². The normalized spacial score (nSPS) is 14.6. The van der Waals surface area contributed by atoms with Crippen LogP contribution >= 0.6 is 0 Å². The first-order chi connectivity index (χ1) is 13.1. The molecule has 1 heterocycles. The second-order valence-electron chi connectivity index (χ2n) is 6.60. The van der Waals surface area contributed by atoms with E-state index in [4.69, 9.17) is 15.2 Å². The van der Waals surface area contributed by atoms with Gasteiger partial charge in [0.1, 0.15) is 0 Å². The lowest BCUT2D eigenvalue weighted by Crippen LogP contribution is -2.37. The minimum absolute atomic E-state index is 0.0266. The number of piperidine rings is 1. The molecule has 0 saturated carbocycles. The maximum absolute atomic E-state index is 12.8. The smallest absolute Gasteiger partial charge is 0.255 e. The van der Waals surface area contributed by atoms with Crippen LogP contribution in [-0.4, -0.2) is 43.5 Å². The Hall–Kier alpha value is -3.02. The number of methoxy groups -OCH3 is 1. The van der Waals surface area contributed by atoms with Gasteiger partial charge in [-0.15, -0.1) is 0 Å². The summed E-state index contributed by atoms with van der Waals surface area (Å²) in [6.07, 6.45) is 1.90. The topological polar surface area (TPSA) is 81.9 Å². The molecule has 0 spiro atoms. The summed E-state index contributed by atoms with van der Waals surface area (Å²) in [7, 11) is 1.49. The Labute approximate surface area is 158 Å². The van der Waals surface area contributed by atoms with Gasteiger partial charge in [-0.05, 0) is 42.5 Å². The number of rotatable bonds is 6. The van der Waals surface area contributed by atoms with Crippen LogP contribution < -0.4 is 15.2 Å². The van der Waals surface area contributed by atoms with E-state index in [2.05, 4.69) is 24.3 Å². The average molecular weight is 368 g/mol. The van der Waals surface area contributed by atoms with Crippen molar-refractivity contribution < 1.29 is 19.1 Å². The zero-order valence-corrected chi connectivity index (χ0v) is 15.4. The van der Waals surface area contributed by atoms with Crippen molar-refractivity contribution in [3.8, 4) is 11.5 Å². The third kappa shape index (κ3) is 4.58. The molecule has 0 radical (unpaired) electrons. The minimum Gasteiger partial charge on any atom is -0.493 e. The first-order valence-corrected chi connectivity index (χ1v) is 9.02. The molecule has 1 saturated heterocycles. The second-order valence-corrected chi connectivity index (χ2v) is 6.60. The minimum atomic E-state index is -0.571. The van der Waals surface area contributed by atoms with Crippen LogP contribution in [0, 0.1) is 0 Å². The van der Waals surface area contributed by atoms with Crippen molar-refractivity contribution >= 4 is 11.8 Å². The molecule has 0 aromatic heterocycles. The highest BCUT2D eigenvalue weighted by Crippen LogP contribution is 2.31. The van der Waals surface area contributed by atoms with Crippen LogP contribution in [0.15, 0.2) is 48.5 Å². The third-order valence-corrected chi connectivity index (χ3v) is 4.83. The molecular formula is C21H24N2O4. The maximum atomic E-state index is 12.8. The molecule has 0 unspecified atom stereocenters. The molecule has 2 N–H and O–H groups in total. The Bertz CT molecular complexity index is 799. The molecule has 0 atom stereocenters. The van der Waals surface area contributed by atoms with Crippen molar-refractivity contribution in [2.45, 2.75) is 18.8 Å². The lowest BCUT2D eigenvalue weighted by Gasteiger charge is -2.32. The number of carbonyl (C=O) groups excluding carboxylic acids is 2. The molecular weight excluding hydrogens is 344 g/mol. The van der Waals surface area contributed by atoms with Crippen molar-refractivity contribution in [3.05, 3.63) is 59.7 Å². The summed E-state index contributed by atoms with van der Waals surface area (Å²) in [5.41, 5.74) is 6.97. The van der Waals surface area contributed by atoms with Crippen LogP contribution in [0.25, 0.3) is 0 Å². The Kier molecular flexibility index (Phi) is 5.96. The molecule has 0 bridgehead atoms. The van der Waals surface area contributed by atoms with Crippen molar-refractivity contribution in [2.24, 2.45) is 5.73 Å². The van der Waals surface area contributed by atoms with E-state index in [1.165, 1.54) is 12.7 Å². The summed E-state index contributed by atoms with van der Waals surface area (Å²) in [5, 5.41) is 0. The van der Waals surface area contributed by atoms with Gasteiger partial charge < -0.3 is 20.1 Å². The number of nitrogens with zero attached hydrogens (tertiary/aromatic N) is 1. The van der Waals surface area contributed by atoms with E-state index < -0.39 is 5.91 Å². The highest BCUT2D eigenvalue weighted by molar-refractivity contribution is 5.95. The quantitative estimate of drug-likeness (QED) is 0.850. The average Bonchev–Trinajstić information content (AvgIpc) is 2.72. The van der Waals surface area contributed by atoms with Gasteiger partial charge in [-0.1, -0.05) is 30.3 Å². The number of primary amides is 1. The largest absolute Gasteiger partial charge is 0.493 e. The highest BCUT2D eigenvalue weighted by Gasteiger charge is 2.25. The lowest BCUT2D eigenvalue weighted by atomic mass is 9.89. The monoisotopic (exact) mass is 368 g/mol. The predicted molar refractivity (Wildman–Crippen MR) is 102 cm³/mol. The molecule has 0 aliphatic carbocycles. The van der Waals surface area contributed by atoms with Gasteiger partial charge in [0.15, 0.2) is 18.1 Å². The number of carbonyl (C=O) groups is 2. The van der Waals surface area contributed by atoms with E-state index in [1.54, 1.807) is 18.2 Å². The van der Waals surface area contributed by atoms with Crippen molar-refractivity contribution in [1.29, 1.82) is 0 Å². The number of amides is 2. The standard InChI is InChI=1S/C21H24N2O4/c1-26-19-13-17(7-8-18(19)27-14-20(22)24)21(25)23-11-9-16(10-12-23)15-5-3-2-4-6-15/h2-8,13,16H,9-12,14H2,1H3,(H2,22,24). The number of hydrogen-bond donors (Lipinski definition) is 1. The third-order valence-electron chi connectivity index (χ3n) is 4.83. The zero-order valence-electron chi connectivity index (χ0n) is 15.4. The SMILES string of the molecule is COc1cc(C(=O)N2CCC(c3ccccc3)CC2)ccc1OCC(N)=O. The van der Waals surface area contributed by atoms with Crippen LogP contribution in [0.4, 0.5) is 0 Å². The fourth-order valence-electron chi connectivity index (χ4n) is 3.39. The Balaban J connectivity index is 1.65. The van der Waals surface area contributed by atoms with Gasteiger partial charge in [0.25, 0.3) is 11.8 Å². The van der Waals surface area contributed by atoms with E-state index in [1.807, 2.05) is 11.0 Å². The molecule has 1 aliphatic heterocycles. The van der Waals surface area contributed by atoms with Crippen molar-refractivity contribution in [3.63, 3.8) is 0 Å². The van der Waals surface area contributed by atoms with Crippen molar-refractivity contribution in [1.82, 2.24) is 4.90 Å². The Morgan fingerprint density at radius 2 is 1.78 bits per heavy atom. The molecule has 1 aliphatic rings. The van der Waals surface area contributed by atoms with Gasteiger partial charge in [0.2, 0.25) is 0 Å². The van der Waals surface area contributed by atoms with Crippen LogP contribution in [-0.2, 0) is 4.79 Å². The van der Waals surface area contributed by atoms with E-state index in [9.17, 15) is 9.59 Å². The van der Waals surface area contributed by atoms with E-state index in [0.29, 0.717) is 23.0 Å². The molecule has 142 valence electrons.